The van der Waals surface area contributed by atoms with Crippen LogP contribution in [0.3, 0.4) is 0 Å². The first-order chi connectivity index (χ1) is 5.24. The van der Waals surface area contributed by atoms with Crippen LogP contribution in [0.5, 0.6) is 0 Å². The van der Waals surface area contributed by atoms with Crippen LogP contribution in [-0.2, 0) is 0 Å². The third-order valence-corrected chi connectivity index (χ3v) is 1.41. The van der Waals surface area contributed by atoms with Crippen molar-refractivity contribution in [1.82, 2.24) is 4.98 Å². The van der Waals surface area contributed by atoms with Gasteiger partial charge in [-0.15, -0.1) is 6.42 Å². The Bertz CT molecular complexity index is 267. The maximum absolute atomic E-state index is 5.15. The summed E-state index contributed by atoms with van der Waals surface area (Å²) in [4.78, 5) is 6.02. The molecule has 1 heterocycles. The first-order valence-electron chi connectivity index (χ1n) is 3.34. The molecule has 0 bridgehead atoms. The maximum Gasteiger partial charge on any atom is 0.113 e. The Kier molecular flexibility index (Phi) is 2.12. The van der Waals surface area contributed by atoms with E-state index < -0.39 is 0 Å². The van der Waals surface area contributed by atoms with Crippen molar-refractivity contribution in [3.8, 4) is 12.3 Å². The van der Waals surface area contributed by atoms with Gasteiger partial charge in [-0.3, -0.25) is 0 Å². The maximum atomic E-state index is 5.15. The number of nitrogens with zero attached hydrogens (tertiary/aromatic N) is 2. The van der Waals surface area contributed by atoms with E-state index in [0.717, 1.165) is 5.69 Å². The second-order valence-corrected chi connectivity index (χ2v) is 2.44. The zero-order chi connectivity index (χ0) is 8.27. The first kappa shape index (κ1) is 7.62. The van der Waals surface area contributed by atoms with Crippen LogP contribution in [0, 0.1) is 12.3 Å². The minimum atomic E-state index is 0.676. The Morgan fingerprint density at radius 2 is 2.18 bits per heavy atom. The van der Waals surface area contributed by atoms with Crippen molar-refractivity contribution >= 4 is 5.69 Å². The monoisotopic (exact) mass is 146 g/mol. The van der Waals surface area contributed by atoms with E-state index in [0.29, 0.717) is 5.69 Å². The van der Waals surface area contributed by atoms with Gasteiger partial charge in [0.1, 0.15) is 5.69 Å². The average molecular weight is 146 g/mol. The Labute approximate surface area is 66.9 Å². The van der Waals surface area contributed by atoms with Crippen molar-refractivity contribution < 1.29 is 0 Å². The van der Waals surface area contributed by atoms with E-state index in [4.69, 9.17) is 6.42 Å². The highest BCUT2D eigenvalue weighted by Gasteiger charge is 1.93. The minimum Gasteiger partial charge on any atom is -0.376 e. The fraction of sp³-hybridized carbons (Fsp3) is 0.222. The van der Waals surface area contributed by atoms with Crippen molar-refractivity contribution in [2.75, 3.05) is 19.0 Å². The molecule has 0 aromatic carbocycles. The molecule has 0 spiro atoms. The van der Waals surface area contributed by atoms with Gasteiger partial charge >= 0.3 is 0 Å². The fourth-order valence-corrected chi connectivity index (χ4v) is 0.736. The molecule has 0 aliphatic heterocycles. The Hall–Kier alpha value is -1.49. The predicted octanol–water partition coefficient (Wildman–Crippen LogP) is 1.13. The van der Waals surface area contributed by atoms with Crippen LogP contribution in [0.2, 0.25) is 0 Å². The van der Waals surface area contributed by atoms with Gasteiger partial charge < -0.3 is 4.90 Å². The number of aromatic nitrogens is 1. The molecule has 0 amide bonds. The van der Waals surface area contributed by atoms with Gasteiger partial charge in [-0.1, -0.05) is 5.92 Å². The van der Waals surface area contributed by atoms with Gasteiger partial charge in [0.05, 0.1) is 11.9 Å². The van der Waals surface area contributed by atoms with Crippen LogP contribution in [0.15, 0.2) is 18.3 Å². The van der Waals surface area contributed by atoms with Crippen LogP contribution in [-0.4, -0.2) is 19.1 Å². The van der Waals surface area contributed by atoms with E-state index in [-0.39, 0.29) is 0 Å². The molecule has 1 aromatic rings. The summed E-state index contributed by atoms with van der Waals surface area (Å²) in [7, 11) is 3.93. The summed E-state index contributed by atoms with van der Waals surface area (Å²) in [6, 6.07) is 3.78. The van der Waals surface area contributed by atoms with Gasteiger partial charge in [-0.2, -0.15) is 0 Å². The molecule has 0 fully saturated rings. The van der Waals surface area contributed by atoms with E-state index >= 15 is 0 Å². The average Bonchev–Trinajstić information content (AvgIpc) is 2.05. The van der Waals surface area contributed by atoms with Crippen molar-refractivity contribution in [3.63, 3.8) is 0 Å². The highest BCUT2D eigenvalue weighted by molar-refractivity contribution is 5.44. The molecule has 0 radical (unpaired) electrons. The van der Waals surface area contributed by atoms with Crippen molar-refractivity contribution in [2.24, 2.45) is 0 Å². The molecule has 2 nitrogen and oxygen atoms in total. The molecular formula is C9H10N2. The topological polar surface area (TPSA) is 16.1 Å². The SMILES string of the molecule is C#Cc1ccc(N(C)C)cn1. The lowest BCUT2D eigenvalue weighted by Gasteiger charge is -2.10. The molecule has 0 aliphatic carbocycles. The lowest BCUT2D eigenvalue weighted by molar-refractivity contribution is 1.11. The fourth-order valence-electron chi connectivity index (χ4n) is 0.736. The van der Waals surface area contributed by atoms with Gasteiger partial charge in [0.15, 0.2) is 0 Å². The quantitative estimate of drug-likeness (QED) is 0.552. The van der Waals surface area contributed by atoms with Gasteiger partial charge in [0, 0.05) is 14.1 Å². The second kappa shape index (κ2) is 3.07. The number of pyridine rings is 1. The highest BCUT2D eigenvalue weighted by Crippen LogP contribution is 2.07. The lowest BCUT2D eigenvalue weighted by atomic mass is 10.3. The van der Waals surface area contributed by atoms with Crippen LogP contribution >= 0.6 is 0 Å². The summed E-state index contributed by atoms with van der Waals surface area (Å²) in [6.07, 6.45) is 6.91. The van der Waals surface area contributed by atoms with Gasteiger partial charge in [-0.05, 0) is 12.1 Å². The molecule has 0 unspecified atom stereocenters. The predicted molar refractivity (Wildman–Crippen MR) is 46.5 cm³/mol. The summed E-state index contributed by atoms with van der Waals surface area (Å²) in [5, 5.41) is 0. The molecule has 0 atom stereocenters. The summed E-state index contributed by atoms with van der Waals surface area (Å²) >= 11 is 0. The van der Waals surface area contributed by atoms with E-state index in [1.165, 1.54) is 0 Å². The molecule has 11 heavy (non-hydrogen) atoms. The minimum absolute atomic E-state index is 0.676. The van der Waals surface area contributed by atoms with E-state index in [2.05, 4.69) is 10.9 Å². The van der Waals surface area contributed by atoms with Crippen LogP contribution in [0.4, 0.5) is 5.69 Å². The summed E-state index contributed by atoms with van der Waals surface area (Å²) in [5.74, 6) is 2.46. The third kappa shape index (κ3) is 1.71. The van der Waals surface area contributed by atoms with Gasteiger partial charge in [-0.25, -0.2) is 4.98 Å². The van der Waals surface area contributed by atoms with Crippen molar-refractivity contribution in [1.29, 1.82) is 0 Å². The second-order valence-electron chi connectivity index (χ2n) is 2.44. The van der Waals surface area contributed by atoms with E-state index in [9.17, 15) is 0 Å². The first-order valence-corrected chi connectivity index (χ1v) is 3.34. The molecular weight excluding hydrogens is 136 g/mol. The largest absolute Gasteiger partial charge is 0.376 e. The van der Waals surface area contributed by atoms with Crippen molar-refractivity contribution in [3.05, 3.63) is 24.0 Å². The van der Waals surface area contributed by atoms with Gasteiger partial charge in [0.2, 0.25) is 0 Å². The Morgan fingerprint density at radius 1 is 1.45 bits per heavy atom. The Balaban J connectivity index is 2.94. The van der Waals surface area contributed by atoms with Crippen LogP contribution < -0.4 is 4.90 Å². The molecule has 1 rings (SSSR count). The smallest absolute Gasteiger partial charge is 0.113 e. The number of hydrogen-bond acceptors (Lipinski definition) is 2. The number of anilines is 1. The normalized spacial score (nSPS) is 8.82. The van der Waals surface area contributed by atoms with Crippen LogP contribution in [0.1, 0.15) is 5.69 Å². The standard InChI is InChI=1S/C9H10N2/c1-4-8-5-6-9(7-10-8)11(2)3/h1,5-7H,2-3H3. The summed E-state index contributed by atoms with van der Waals surface area (Å²) in [6.45, 7) is 0. The molecule has 0 saturated heterocycles. The van der Waals surface area contributed by atoms with Gasteiger partial charge in [0.25, 0.3) is 0 Å². The van der Waals surface area contributed by atoms with E-state index in [1.54, 1.807) is 6.20 Å². The summed E-state index contributed by atoms with van der Waals surface area (Å²) < 4.78 is 0. The van der Waals surface area contributed by atoms with E-state index in [1.807, 2.05) is 31.1 Å². The molecule has 0 N–H and O–H groups in total. The molecule has 0 aliphatic rings. The number of terminal acetylenes is 1. The summed E-state index contributed by atoms with van der Waals surface area (Å²) in [5.41, 5.74) is 1.74. The van der Waals surface area contributed by atoms with Crippen molar-refractivity contribution in [2.45, 2.75) is 0 Å². The zero-order valence-electron chi connectivity index (χ0n) is 6.70. The van der Waals surface area contributed by atoms with Crippen LogP contribution in [0.25, 0.3) is 0 Å². The number of hydrogen-bond donors (Lipinski definition) is 0. The molecule has 0 saturated carbocycles. The zero-order valence-corrected chi connectivity index (χ0v) is 6.70. The lowest BCUT2D eigenvalue weighted by Crippen LogP contribution is -2.08. The molecule has 1 aromatic heterocycles. The highest BCUT2D eigenvalue weighted by atomic mass is 15.1. The third-order valence-electron chi connectivity index (χ3n) is 1.41. The number of rotatable bonds is 1. The molecule has 2 heteroatoms. The molecule has 56 valence electrons. The Morgan fingerprint density at radius 3 is 2.55 bits per heavy atom.